The van der Waals surface area contributed by atoms with Crippen LogP contribution < -0.4 is 4.72 Å². The first-order valence-corrected chi connectivity index (χ1v) is 9.68. The fraction of sp³-hybridized carbons (Fsp3) is 0.100. The lowest BCUT2D eigenvalue weighted by molar-refractivity contribution is -0.137. The number of hydrogen-bond donors (Lipinski definition) is 2. The first kappa shape index (κ1) is 19.9. The van der Waals surface area contributed by atoms with E-state index in [4.69, 9.17) is 5.11 Å². The summed E-state index contributed by atoms with van der Waals surface area (Å²) in [6.45, 7) is -0.211. The molecule has 8 heteroatoms. The molecule has 0 spiro atoms. The molecule has 28 heavy (non-hydrogen) atoms. The second kappa shape index (κ2) is 7.65. The SMILES string of the molecule is O=S(=O)(Nc1cccc(CO)c1)c1ccc(-c2ccc(C(F)(F)F)cc2)cc1. The topological polar surface area (TPSA) is 66.4 Å². The van der Waals surface area contributed by atoms with Crippen LogP contribution in [0.3, 0.4) is 0 Å². The molecule has 0 aliphatic carbocycles. The predicted octanol–water partition coefficient (Wildman–Crippen LogP) is 4.67. The van der Waals surface area contributed by atoms with E-state index < -0.39 is 21.8 Å². The van der Waals surface area contributed by atoms with E-state index in [2.05, 4.69) is 4.72 Å². The van der Waals surface area contributed by atoms with Gasteiger partial charge < -0.3 is 5.11 Å². The molecule has 0 aliphatic heterocycles. The predicted molar refractivity (Wildman–Crippen MR) is 100 cm³/mol. The highest BCUT2D eigenvalue weighted by Gasteiger charge is 2.29. The fourth-order valence-electron chi connectivity index (χ4n) is 2.63. The molecule has 3 aromatic carbocycles. The molecule has 0 amide bonds. The van der Waals surface area contributed by atoms with Gasteiger partial charge in [-0.1, -0.05) is 36.4 Å². The lowest BCUT2D eigenvalue weighted by Crippen LogP contribution is -2.13. The highest BCUT2D eigenvalue weighted by atomic mass is 32.2. The van der Waals surface area contributed by atoms with E-state index in [-0.39, 0.29) is 11.5 Å². The molecule has 146 valence electrons. The smallest absolute Gasteiger partial charge is 0.392 e. The van der Waals surface area contributed by atoms with Crippen molar-refractivity contribution in [1.29, 1.82) is 0 Å². The van der Waals surface area contributed by atoms with Crippen molar-refractivity contribution in [1.82, 2.24) is 0 Å². The molecule has 4 nitrogen and oxygen atoms in total. The minimum Gasteiger partial charge on any atom is -0.392 e. The zero-order chi connectivity index (χ0) is 20.4. The van der Waals surface area contributed by atoms with Gasteiger partial charge in [-0.25, -0.2) is 8.42 Å². The Morgan fingerprint density at radius 1 is 0.857 bits per heavy atom. The number of nitrogens with one attached hydrogen (secondary N) is 1. The van der Waals surface area contributed by atoms with Gasteiger partial charge in [0.1, 0.15) is 0 Å². The molecule has 0 fully saturated rings. The number of benzene rings is 3. The van der Waals surface area contributed by atoms with E-state index >= 15 is 0 Å². The average molecular weight is 407 g/mol. The molecular formula is C20H16F3NO3S. The number of hydrogen-bond acceptors (Lipinski definition) is 3. The molecule has 3 aromatic rings. The van der Waals surface area contributed by atoms with Gasteiger partial charge in [0.05, 0.1) is 17.1 Å². The van der Waals surface area contributed by atoms with E-state index in [0.29, 0.717) is 22.4 Å². The Labute approximate surface area is 160 Å². The number of sulfonamides is 1. The molecule has 0 unspecified atom stereocenters. The number of aliphatic hydroxyl groups excluding tert-OH is 1. The minimum atomic E-state index is -4.41. The van der Waals surface area contributed by atoms with Crippen LogP contribution in [0.1, 0.15) is 11.1 Å². The zero-order valence-corrected chi connectivity index (χ0v) is 15.3. The minimum absolute atomic E-state index is 0.0116. The molecule has 3 rings (SSSR count). The van der Waals surface area contributed by atoms with Gasteiger partial charge in [-0.05, 0) is 53.1 Å². The van der Waals surface area contributed by atoms with Crippen LogP contribution in [-0.2, 0) is 22.8 Å². The maximum atomic E-state index is 12.6. The van der Waals surface area contributed by atoms with Crippen molar-refractivity contribution in [2.24, 2.45) is 0 Å². The van der Waals surface area contributed by atoms with E-state index in [1.54, 1.807) is 18.2 Å². The highest BCUT2D eigenvalue weighted by Crippen LogP contribution is 2.31. The highest BCUT2D eigenvalue weighted by molar-refractivity contribution is 7.92. The normalized spacial score (nSPS) is 12.0. The molecule has 0 bridgehead atoms. The van der Waals surface area contributed by atoms with Crippen molar-refractivity contribution in [3.05, 3.63) is 83.9 Å². The van der Waals surface area contributed by atoms with Gasteiger partial charge >= 0.3 is 6.18 Å². The Morgan fingerprint density at radius 3 is 1.96 bits per heavy atom. The van der Waals surface area contributed by atoms with Crippen LogP contribution in [0.4, 0.5) is 18.9 Å². The summed E-state index contributed by atoms with van der Waals surface area (Å²) in [4.78, 5) is 0.0116. The van der Waals surface area contributed by atoms with Gasteiger partial charge in [0.25, 0.3) is 10.0 Å². The third-order valence-corrected chi connectivity index (χ3v) is 5.47. The largest absolute Gasteiger partial charge is 0.416 e. The molecule has 2 N–H and O–H groups in total. The van der Waals surface area contributed by atoms with E-state index in [0.717, 1.165) is 12.1 Å². The summed E-state index contributed by atoms with van der Waals surface area (Å²) in [5.74, 6) is 0. The monoisotopic (exact) mass is 407 g/mol. The quantitative estimate of drug-likeness (QED) is 0.646. The van der Waals surface area contributed by atoms with Crippen molar-refractivity contribution in [2.45, 2.75) is 17.7 Å². The molecule has 0 saturated heterocycles. The third-order valence-electron chi connectivity index (χ3n) is 4.07. The number of anilines is 1. The van der Waals surface area contributed by atoms with Crippen molar-refractivity contribution in [2.75, 3.05) is 4.72 Å². The van der Waals surface area contributed by atoms with Crippen molar-refractivity contribution >= 4 is 15.7 Å². The van der Waals surface area contributed by atoms with Crippen LogP contribution in [-0.4, -0.2) is 13.5 Å². The second-order valence-electron chi connectivity index (χ2n) is 6.06. The fourth-order valence-corrected chi connectivity index (χ4v) is 3.67. The van der Waals surface area contributed by atoms with Crippen LogP contribution in [0.2, 0.25) is 0 Å². The zero-order valence-electron chi connectivity index (χ0n) is 14.4. The average Bonchev–Trinajstić information content (AvgIpc) is 2.67. The Morgan fingerprint density at radius 2 is 1.43 bits per heavy atom. The first-order chi connectivity index (χ1) is 13.2. The van der Waals surface area contributed by atoms with Gasteiger partial charge in [-0.15, -0.1) is 0 Å². The summed E-state index contributed by atoms with van der Waals surface area (Å²) in [7, 11) is -3.84. The maximum absolute atomic E-state index is 12.6. The van der Waals surface area contributed by atoms with Gasteiger partial charge in [-0.2, -0.15) is 13.2 Å². The van der Waals surface area contributed by atoms with E-state index in [1.165, 1.54) is 42.5 Å². The number of halogens is 3. The van der Waals surface area contributed by atoms with Crippen LogP contribution in [0, 0.1) is 0 Å². The van der Waals surface area contributed by atoms with Gasteiger partial charge in [0, 0.05) is 5.69 Å². The number of rotatable bonds is 5. The first-order valence-electron chi connectivity index (χ1n) is 8.19. The van der Waals surface area contributed by atoms with Gasteiger partial charge in [0.15, 0.2) is 0 Å². The van der Waals surface area contributed by atoms with E-state index in [1.807, 2.05) is 0 Å². The summed E-state index contributed by atoms with van der Waals surface area (Å²) >= 11 is 0. The lowest BCUT2D eigenvalue weighted by atomic mass is 10.0. The number of aliphatic hydroxyl groups is 1. The van der Waals surface area contributed by atoms with Crippen molar-refractivity contribution in [3.63, 3.8) is 0 Å². The molecule has 0 heterocycles. The summed E-state index contributed by atoms with van der Waals surface area (Å²) in [6.07, 6.45) is -4.41. The lowest BCUT2D eigenvalue weighted by Gasteiger charge is -2.10. The maximum Gasteiger partial charge on any atom is 0.416 e. The van der Waals surface area contributed by atoms with Crippen molar-refractivity contribution in [3.8, 4) is 11.1 Å². The Kier molecular flexibility index (Phi) is 5.44. The summed E-state index contributed by atoms with van der Waals surface area (Å²) in [5.41, 5.74) is 1.27. The van der Waals surface area contributed by atoms with Crippen LogP contribution in [0.5, 0.6) is 0 Å². The third kappa shape index (κ3) is 4.52. The Balaban J connectivity index is 1.81. The molecule has 0 saturated carbocycles. The Bertz CT molecular complexity index is 1060. The summed E-state index contributed by atoms with van der Waals surface area (Å²) < 4.78 is 65.4. The van der Waals surface area contributed by atoms with Gasteiger partial charge in [0.2, 0.25) is 0 Å². The van der Waals surface area contributed by atoms with Gasteiger partial charge in [-0.3, -0.25) is 4.72 Å². The molecular weight excluding hydrogens is 391 g/mol. The molecule has 0 aromatic heterocycles. The summed E-state index contributed by atoms with van der Waals surface area (Å²) in [6, 6.07) is 16.8. The Hall–Kier alpha value is -2.84. The standard InChI is InChI=1S/C20H16F3NO3S/c21-20(22,23)17-8-4-15(5-9-17)16-6-10-19(11-7-16)28(26,27)24-18-3-1-2-14(12-18)13-25/h1-12,24-25H,13H2. The van der Waals surface area contributed by atoms with Crippen LogP contribution in [0.25, 0.3) is 11.1 Å². The van der Waals surface area contributed by atoms with Crippen LogP contribution in [0.15, 0.2) is 77.7 Å². The molecule has 0 aliphatic rings. The number of alkyl halides is 3. The van der Waals surface area contributed by atoms with Crippen molar-refractivity contribution < 1.29 is 26.7 Å². The van der Waals surface area contributed by atoms with E-state index in [9.17, 15) is 21.6 Å². The molecule has 0 atom stereocenters. The summed E-state index contributed by atoms with van der Waals surface area (Å²) in [5, 5.41) is 9.14. The molecule has 0 radical (unpaired) electrons. The second-order valence-corrected chi connectivity index (χ2v) is 7.75. The van der Waals surface area contributed by atoms with Crippen LogP contribution >= 0.6 is 0 Å².